The Labute approximate surface area is 107 Å². The highest BCUT2D eigenvalue weighted by atomic mass is 19.1. The number of morpholine rings is 1. The summed E-state index contributed by atoms with van der Waals surface area (Å²) >= 11 is 0. The SMILES string of the molecule is CCC1COC(C)CN1c1ccc(F)cc1C#N. The van der Waals surface area contributed by atoms with Gasteiger partial charge in [-0.2, -0.15) is 5.26 Å². The molecule has 2 unspecified atom stereocenters. The first-order valence-electron chi connectivity index (χ1n) is 6.23. The maximum atomic E-state index is 13.2. The number of ether oxygens (including phenoxy) is 1. The summed E-state index contributed by atoms with van der Waals surface area (Å²) in [6.45, 7) is 5.49. The van der Waals surface area contributed by atoms with Gasteiger partial charge < -0.3 is 9.64 Å². The van der Waals surface area contributed by atoms with Gasteiger partial charge in [-0.25, -0.2) is 4.39 Å². The zero-order chi connectivity index (χ0) is 13.1. The van der Waals surface area contributed by atoms with Gasteiger partial charge in [0.25, 0.3) is 0 Å². The highest BCUT2D eigenvalue weighted by molar-refractivity contribution is 5.60. The minimum absolute atomic E-state index is 0.129. The van der Waals surface area contributed by atoms with Crippen molar-refractivity contribution >= 4 is 5.69 Å². The molecule has 1 fully saturated rings. The Morgan fingerprint density at radius 2 is 2.33 bits per heavy atom. The first-order valence-corrected chi connectivity index (χ1v) is 6.23. The average Bonchev–Trinajstić information content (AvgIpc) is 2.38. The van der Waals surface area contributed by atoms with Crippen LogP contribution in [0.25, 0.3) is 0 Å². The summed E-state index contributed by atoms with van der Waals surface area (Å²) in [5, 5.41) is 9.12. The van der Waals surface area contributed by atoms with Crippen LogP contribution in [-0.2, 0) is 4.74 Å². The second-order valence-electron chi connectivity index (χ2n) is 4.63. The Balaban J connectivity index is 2.36. The van der Waals surface area contributed by atoms with Gasteiger partial charge in [-0.3, -0.25) is 0 Å². The van der Waals surface area contributed by atoms with Gasteiger partial charge in [0.1, 0.15) is 11.9 Å². The van der Waals surface area contributed by atoms with Crippen LogP contribution in [0.3, 0.4) is 0 Å². The summed E-state index contributed by atoms with van der Waals surface area (Å²) in [5.74, 6) is -0.371. The predicted molar refractivity (Wildman–Crippen MR) is 68.0 cm³/mol. The van der Waals surface area contributed by atoms with E-state index in [4.69, 9.17) is 10.00 Å². The molecule has 0 amide bonds. The van der Waals surface area contributed by atoms with Crippen molar-refractivity contribution in [3.63, 3.8) is 0 Å². The fourth-order valence-corrected chi connectivity index (χ4v) is 2.33. The number of rotatable bonds is 2. The van der Waals surface area contributed by atoms with Crippen LogP contribution in [0.15, 0.2) is 18.2 Å². The van der Waals surface area contributed by atoms with Gasteiger partial charge in [0, 0.05) is 6.54 Å². The van der Waals surface area contributed by atoms with E-state index in [1.54, 1.807) is 6.07 Å². The molecule has 18 heavy (non-hydrogen) atoms. The van der Waals surface area contributed by atoms with E-state index in [1.165, 1.54) is 12.1 Å². The largest absolute Gasteiger partial charge is 0.375 e. The van der Waals surface area contributed by atoms with Crippen molar-refractivity contribution in [2.24, 2.45) is 0 Å². The third kappa shape index (κ3) is 2.46. The van der Waals surface area contributed by atoms with Crippen molar-refractivity contribution in [1.82, 2.24) is 0 Å². The second kappa shape index (κ2) is 5.36. The Bertz CT molecular complexity index is 469. The van der Waals surface area contributed by atoms with E-state index in [0.29, 0.717) is 12.2 Å². The molecule has 1 aromatic carbocycles. The van der Waals surface area contributed by atoms with Gasteiger partial charge in [0.15, 0.2) is 0 Å². The lowest BCUT2D eigenvalue weighted by Crippen LogP contribution is -2.49. The molecule has 0 bridgehead atoms. The normalized spacial score (nSPS) is 23.8. The topological polar surface area (TPSA) is 36.3 Å². The molecule has 1 saturated heterocycles. The van der Waals surface area contributed by atoms with Gasteiger partial charge in [-0.05, 0) is 31.5 Å². The summed E-state index contributed by atoms with van der Waals surface area (Å²) in [6, 6.07) is 6.71. The zero-order valence-electron chi connectivity index (χ0n) is 10.7. The molecule has 0 aromatic heterocycles. The van der Waals surface area contributed by atoms with E-state index in [0.717, 1.165) is 18.7 Å². The standard InChI is InChI=1S/C14H17FN2O/c1-3-13-9-18-10(2)8-17(13)14-5-4-12(15)6-11(14)7-16/h4-6,10,13H,3,8-9H2,1-2H3. The van der Waals surface area contributed by atoms with E-state index in [1.807, 2.05) is 6.92 Å². The third-order valence-electron chi connectivity index (χ3n) is 3.33. The predicted octanol–water partition coefficient (Wildman–Crippen LogP) is 2.70. The molecule has 2 atom stereocenters. The Morgan fingerprint density at radius 1 is 1.56 bits per heavy atom. The fraction of sp³-hybridized carbons (Fsp3) is 0.500. The minimum Gasteiger partial charge on any atom is -0.375 e. The second-order valence-corrected chi connectivity index (χ2v) is 4.63. The number of nitriles is 1. The zero-order valence-corrected chi connectivity index (χ0v) is 10.7. The summed E-state index contributed by atoms with van der Waals surface area (Å²) in [7, 11) is 0. The molecule has 96 valence electrons. The number of halogens is 1. The summed E-state index contributed by atoms with van der Waals surface area (Å²) in [4.78, 5) is 2.16. The van der Waals surface area contributed by atoms with E-state index in [-0.39, 0.29) is 18.0 Å². The highest BCUT2D eigenvalue weighted by Gasteiger charge is 2.27. The van der Waals surface area contributed by atoms with Crippen LogP contribution in [0, 0.1) is 17.1 Å². The summed E-state index contributed by atoms with van der Waals surface area (Å²) in [5.41, 5.74) is 1.20. The molecule has 0 saturated carbocycles. The van der Waals surface area contributed by atoms with Crippen molar-refractivity contribution in [2.75, 3.05) is 18.1 Å². The third-order valence-corrected chi connectivity index (χ3v) is 3.33. The van der Waals surface area contributed by atoms with Crippen molar-refractivity contribution < 1.29 is 9.13 Å². The van der Waals surface area contributed by atoms with Crippen LogP contribution in [0.5, 0.6) is 0 Å². The van der Waals surface area contributed by atoms with Crippen molar-refractivity contribution in [3.8, 4) is 6.07 Å². The smallest absolute Gasteiger partial charge is 0.124 e. The molecule has 1 aromatic rings. The van der Waals surface area contributed by atoms with Crippen LogP contribution in [0.1, 0.15) is 25.8 Å². The molecule has 1 aliphatic rings. The van der Waals surface area contributed by atoms with Crippen molar-refractivity contribution in [3.05, 3.63) is 29.6 Å². The van der Waals surface area contributed by atoms with Crippen molar-refractivity contribution in [1.29, 1.82) is 5.26 Å². The van der Waals surface area contributed by atoms with E-state index < -0.39 is 0 Å². The lowest BCUT2D eigenvalue weighted by Gasteiger charge is -2.40. The molecule has 0 N–H and O–H groups in total. The van der Waals surface area contributed by atoms with Crippen LogP contribution < -0.4 is 4.90 Å². The van der Waals surface area contributed by atoms with Gasteiger partial charge in [0.05, 0.1) is 30.0 Å². The maximum absolute atomic E-state index is 13.2. The van der Waals surface area contributed by atoms with Gasteiger partial charge in [0.2, 0.25) is 0 Å². The van der Waals surface area contributed by atoms with Crippen molar-refractivity contribution in [2.45, 2.75) is 32.4 Å². The average molecular weight is 248 g/mol. The summed E-state index contributed by atoms with van der Waals surface area (Å²) in [6.07, 6.45) is 1.07. The molecule has 0 spiro atoms. The van der Waals surface area contributed by atoms with E-state index >= 15 is 0 Å². The first kappa shape index (κ1) is 12.8. The Morgan fingerprint density at radius 3 is 3.00 bits per heavy atom. The lowest BCUT2D eigenvalue weighted by atomic mass is 10.1. The number of benzene rings is 1. The number of hydrogen-bond acceptors (Lipinski definition) is 3. The molecule has 4 heteroatoms. The number of hydrogen-bond donors (Lipinski definition) is 0. The van der Waals surface area contributed by atoms with Crippen LogP contribution in [-0.4, -0.2) is 25.3 Å². The van der Waals surface area contributed by atoms with Gasteiger partial charge in [-0.1, -0.05) is 6.92 Å². The Hall–Kier alpha value is -1.60. The molecule has 3 nitrogen and oxygen atoms in total. The monoisotopic (exact) mass is 248 g/mol. The fourth-order valence-electron chi connectivity index (χ4n) is 2.33. The molecule has 1 heterocycles. The Kier molecular flexibility index (Phi) is 3.83. The number of anilines is 1. The van der Waals surface area contributed by atoms with Gasteiger partial charge in [-0.15, -0.1) is 0 Å². The van der Waals surface area contributed by atoms with Crippen LogP contribution in [0.2, 0.25) is 0 Å². The van der Waals surface area contributed by atoms with Crippen LogP contribution >= 0.6 is 0 Å². The number of nitrogens with zero attached hydrogens (tertiary/aromatic N) is 2. The maximum Gasteiger partial charge on any atom is 0.124 e. The molecule has 0 aliphatic carbocycles. The lowest BCUT2D eigenvalue weighted by molar-refractivity contribution is 0.0299. The molecule has 2 rings (SSSR count). The minimum atomic E-state index is -0.371. The molecule has 0 radical (unpaired) electrons. The molecule has 1 aliphatic heterocycles. The molecular formula is C14H17FN2O. The summed E-state index contributed by atoms with van der Waals surface area (Å²) < 4.78 is 18.8. The first-order chi connectivity index (χ1) is 8.65. The van der Waals surface area contributed by atoms with Gasteiger partial charge >= 0.3 is 0 Å². The van der Waals surface area contributed by atoms with E-state index in [2.05, 4.69) is 17.9 Å². The molecular weight excluding hydrogens is 231 g/mol. The quantitative estimate of drug-likeness (QED) is 0.807. The highest BCUT2D eigenvalue weighted by Crippen LogP contribution is 2.27. The van der Waals surface area contributed by atoms with E-state index in [9.17, 15) is 4.39 Å². The van der Waals surface area contributed by atoms with Crippen LogP contribution in [0.4, 0.5) is 10.1 Å².